The second-order valence-corrected chi connectivity index (χ2v) is 6.45. The van der Waals surface area contributed by atoms with Crippen LogP contribution in [-0.4, -0.2) is 28.8 Å². The van der Waals surface area contributed by atoms with Crippen LogP contribution in [0.1, 0.15) is 65.7 Å². The molecule has 98 valence electrons. The lowest BCUT2D eigenvalue weighted by Crippen LogP contribution is -2.55. The zero-order chi connectivity index (χ0) is 12.4. The average Bonchev–Trinajstić information content (AvgIpc) is 2.24. The second-order valence-electron chi connectivity index (χ2n) is 6.45. The summed E-state index contributed by atoms with van der Waals surface area (Å²) in [6, 6.07) is 1.80. The molecule has 3 unspecified atom stereocenters. The van der Waals surface area contributed by atoms with Gasteiger partial charge in [-0.2, -0.15) is 0 Å². The Balaban J connectivity index is 1.96. The molecule has 0 N–H and O–H groups in total. The molecule has 2 saturated heterocycles. The summed E-state index contributed by atoms with van der Waals surface area (Å²) < 4.78 is 0. The number of piperidine rings is 2. The van der Waals surface area contributed by atoms with E-state index < -0.39 is 0 Å². The molecule has 0 spiro atoms. The average molecular weight is 237 g/mol. The maximum Gasteiger partial charge on any atom is 0.136 e. The van der Waals surface area contributed by atoms with Crippen LogP contribution in [0.15, 0.2) is 0 Å². The second kappa shape index (κ2) is 5.51. The third-order valence-corrected chi connectivity index (χ3v) is 4.52. The van der Waals surface area contributed by atoms with Crippen LogP contribution < -0.4 is 0 Å². The van der Waals surface area contributed by atoms with Crippen LogP contribution >= 0.6 is 0 Å². The van der Waals surface area contributed by atoms with Crippen LogP contribution in [0.2, 0.25) is 0 Å². The van der Waals surface area contributed by atoms with Crippen molar-refractivity contribution in [3.05, 3.63) is 0 Å². The van der Waals surface area contributed by atoms with Gasteiger partial charge in [0.25, 0.3) is 0 Å². The van der Waals surface area contributed by atoms with Gasteiger partial charge in [0.1, 0.15) is 5.78 Å². The monoisotopic (exact) mass is 237 g/mol. The highest BCUT2D eigenvalue weighted by molar-refractivity contribution is 5.80. The molecular formula is C15H27NO. The molecule has 0 aliphatic carbocycles. The van der Waals surface area contributed by atoms with Crippen LogP contribution in [0.4, 0.5) is 0 Å². The standard InChI is InChI=1S/C15H27NO/c1-11(2)7-8-12(3)16-13-5-4-6-14(16)10-15(17)9-13/h11-14H,4-10H2,1-3H3. The molecule has 2 rings (SSSR count). The maximum absolute atomic E-state index is 11.7. The van der Waals surface area contributed by atoms with Crippen LogP contribution in [0.3, 0.4) is 0 Å². The van der Waals surface area contributed by atoms with E-state index in [4.69, 9.17) is 0 Å². The number of Topliss-reactive ketones (excluding diaryl/α,β-unsaturated/α-hetero) is 1. The number of carbonyl (C=O) groups excluding carboxylic acids is 1. The minimum atomic E-state index is 0.506. The molecule has 2 heteroatoms. The van der Waals surface area contributed by atoms with E-state index in [0.717, 1.165) is 18.8 Å². The molecule has 2 heterocycles. The first kappa shape index (κ1) is 13.1. The summed E-state index contributed by atoms with van der Waals surface area (Å²) in [6.07, 6.45) is 8.06. The number of hydrogen-bond donors (Lipinski definition) is 0. The number of fused-ring (bicyclic) bond motifs is 2. The number of hydrogen-bond acceptors (Lipinski definition) is 2. The molecule has 2 fully saturated rings. The Kier molecular flexibility index (Phi) is 4.24. The van der Waals surface area contributed by atoms with E-state index in [1.165, 1.54) is 32.1 Å². The summed E-state index contributed by atoms with van der Waals surface area (Å²) in [4.78, 5) is 14.4. The third kappa shape index (κ3) is 3.09. The lowest BCUT2D eigenvalue weighted by molar-refractivity contribution is -0.128. The Bertz CT molecular complexity index is 258. The summed E-state index contributed by atoms with van der Waals surface area (Å²) >= 11 is 0. The number of rotatable bonds is 4. The minimum Gasteiger partial charge on any atom is -0.300 e. The van der Waals surface area contributed by atoms with Gasteiger partial charge in [0.05, 0.1) is 0 Å². The van der Waals surface area contributed by atoms with Crippen molar-refractivity contribution in [3.8, 4) is 0 Å². The Morgan fingerprint density at radius 2 is 1.71 bits per heavy atom. The molecule has 2 aliphatic rings. The van der Waals surface area contributed by atoms with E-state index in [0.29, 0.717) is 23.9 Å². The molecule has 2 aliphatic heterocycles. The molecule has 2 bridgehead atoms. The molecule has 0 amide bonds. The van der Waals surface area contributed by atoms with Gasteiger partial charge in [-0.05, 0) is 38.5 Å². The van der Waals surface area contributed by atoms with Crippen molar-refractivity contribution in [2.24, 2.45) is 5.92 Å². The summed E-state index contributed by atoms with van der Waals surface area (Å²) in [5.41, 5.74) is 0. The highest BCUT2D eigenvalue weighted by Gasteiger charge is 2.39. The van der Waals surface area contributed by atoms with E-state index in [2.05, 4.69) is 25.7 Å². The van der Waals surface area contributed by atoms with E-state index in [1.54, 1.807) is 0 Å². The quantitative estimate of drug-likeness (QED) is 0.747. The van der Waals surface area contributed by atoms with Gasteiger partial charge in [-0.3, -0.25) is 9.69 Å². The predicted octanol–water partition coefficient (Wildman–Crippen LogP) is 3.40. The maximum atomic E-state index is 11.7. The van der Waals surface area contributed by atoms with Crippen LogP contribution in [0.5, 0.6) is 0 Å². The van der Waals surface area contributed by atoms with Gasteiger partial charge in [0.15, 0.2) is 0 Å². The van der Waals surface area contributed by atoms with Crippen LogP contribution in [0.25, 0.3) is 0 Å². The van der Waals surface area contributed by atoms with Crippen molar-refractivity contribution in [3.63, 3.8) is 0 Å². The van der Waals surface area contributed by atoms with Crippen molar-refractivity contribution in [2.45, 2.75) is 83.8 Å². The molecule has 0 saturated carbocycles. The summed E-state index contributed by atoms with van der Waals surface area (Å²) in [5, 5.41) is 0. The van der Waals surface area contributed by atoms with E-state index in [1.807, 2.05) is 0 Å². The Labute approximate surface area is 106 Å². The van der Waals surface area contributed by atoms with Gasteiger partial charge in [0.2, 0.25) is 0 Å². The SMILES string of the molecule is CC(C)CCC(C)N1C2CCCC1CC(=O)C2. The first-order valence-electron chi connectivity index (χ1n) is 7.37. The summed E-state index contributed by atoms with van der Waals surface area (Å²) in [5.74, 6) is 1.30. The van der Waals surface area contributed by atoms with Crippen LogP contribution in [-0.2, 0) is 4.79 Å². The molecule has 2 nitrogen and oxygen atoms in total. The first-order chi connectivity index (χ1) is 8.08. The molecule has 0 aromatic heterocycles. The highest BCUT2D eigenvalue weighted by Crippen LogP contribution is 2.35. The van der Waals surface area contributed by atoms with E-state index >= 15 is 0 Å². The van der Waals surface area contributed by atoms with Gasteiger partial charge in [-0.15, -0.1) is 0 Å². The Morgan fingerprint density at radius 3 is 2.24 bits per heavy atom. The number of ketones is 1. The van der Waals surface area contributed by atoms with Gasteiger partial charge in [0, 0.05) is 31.0 Å². The smallest absolute Gasteiger partial charge is 0.136 e. The highest BCUT2D eigenvalue weighted by atomic mass is 16.1. The summed E-state index contributed by atoms with van der Waals surface area (Å²) in [6.45, 7) is 6.96. The molecular weight excluding hydrogens is 210 g/mol. The van der Waals surface area contributed by atoms with Crippen molar-refractivity contribution < 1.29 is 4.79 Å². The molecule has 0 aromatic carbocycles. The largest absolute Gasteiger partial charge is 0.300 e. The van der Waals surface area contributed by atoms with E-state index in [-0.39, 0.29) is 0 Å². The normalized spacial score (nSPS) is 31.9. The minimum absolute atomic E-state index is 0.506. The molecule has 0 radical (unpaired) electrons. The molecule has 0 aromatic rings. The van der Waals surface area contributed by atoms with Crippen molar-refractivity contribution >= 4 is 5.78 Å². The summed E-state index contributed by atoms with van der Waals surface area (Å²) in [7, 11) is 0. The lowest BCUT2D eigenvalue weighted by Gasteiger charge is -2.48. The zero-order valence-electron chi connectivity index (χ0n) is 11.6. The fraction of sp³-hybridized carbons (Fsp3) is 0.933. The fourth-order valence-electron chi connectivity index (χ4n) is 3.65. The molecule has 3 atom stereocenters. The van der Waals surface area contributed by atoms with Crippen LogP contribution in [0, 0.1) is 5.92 Å². The molecule has 17 heavy (non-hydrogen) atoms. The Morgan fingerprint density at radius 1 is 1.12 bits per heavy atom. The van der Waals surface area contributed by atoms with Gasteiger partial charge < -0.3 is 0 Å². The zero-order valence-corrected chi connectivity index (χ0v) is 11.6. The number of carbonyl (C=O) groups is 1. The van der Waals surface area contributed by atoms with Gasteiger partial charge >= 0.3 is 0 Å². The van der Waals surface area contributed by atoms with Crippen molar-refractivity contribution in [2.75, 3.05) is 0 Å². The number of nitrogens with zero attached hydrogens (tertiary/aromatic N) is 1. The predicted molar refractivity (Wildman–Crippen MR) is 71.0 cm³/mol. The van der Waals surface area contributed by atoms with E-state index in [9.17, 15) is 4.79 Å². The van der Waals surface area contributed by atoms with Gasteiger partial charge in [-0.25, -0.2) is 0 Å². The third-order valence-electron chi connectivity index (χ3n) is 4.52. The van der Waals surface area contributed by atoms with Crippen molar-refractivity contribution in [1.82, 2.24) is 4.90 Å². The fourth-order valence-corrected chi connectivity index (χ4v) is 3.65. The Hall–Kier alpha value is -0.370. The van der Waals surface area contributed by atoms with Crippen molar-refractivity contribution in [1.29, 1.82) is 0 Å². The lowest BCUT2D eigenvalue weighted by atomic mass is 9.82. The first-order valence-corrected chi connectivity index (χ1v) is 7.37. The topological polar surface area (TPSA) is 20.3 Å². The van der Waals surface area contributed by atoms with Gasteiger partial charge in [-0.1, -0.05) is 20.3 Å².